The first-order valence-electron chi connectivity index (χ1n) is 34.1. The Morgan fingerprint density at radius 2 is 0.967 bits per heavy atom. The molecule has 6 aliphatic heterocycles. The van der Waals surface area contributed by atoms with Crippen molar-refractivity contribution in [3.05, 3.63) is 85.3 Å². The molecule has 16 atom stereocenters. The molecule has 0 radical (unpaired) electrons. The fraction of sp³-hybridized carbons (Fsp3) is 0.784. The number of rotatable bonds is 24. The van der Waals surface area contributed by atoms with Gasteiger partial charge in [-0.1, -0.05) is 176 Å². The van der Waals surface area contributed by atoms with Gasteiger partial charge < -0.3 is 37.7 Å². The smallest absolute Gasteiger partial charge is 0.152 e. The highest BCUT2D eigenvalue weighted by Crippen LogP contribution is 2.98. The van der Waals surface area contributed by atoms with E-state index in [1.54, 1.807) is 19.9 Å². The number of fused-ring (bicyclic) bond motifs is 1. The molecule has 0 saturated carbocycles. The quantitative estimate of drug-likeness (QED) is 0.0531. The molecule has 0 bridgehead atoms. The molecule has 520 valence electrons. The van der Waals surface area contributed by atoms with Crippen LogP contribution in [0, 0.1) is 27.1 Å². The summed E-state index contributed by atoms with van der Waals surface area (Å²) in [6.07, 6.45) is 29.0. The predicted octanol–water partition coefficient (Wildman–Crippen LogP) is 23.8. The van der Waals surface area contributed by atoms with E-state index >= 15 is 0 Å². The Hall–Kier alpha value is 0.0900. The summed E-state index contributed by atoms with van der Waals surface area (Å²) in [7, 11) is 11.3. The van der Waals surface area contributed by atoms with Gasteiger partial charge in [0.05, 0.1) is 80.4 Å². The van der Waals surface area contributed by atoms with Crippen molar-refractivity contribution in [2.24, 2.45) is 27.1 Å². The highest BCUT2D eigenvalue weighted by atomic mass is 33.0. The molecule has 16 heteroatoms. The molecule has 0 aromatic rings. The molecular formula is C74H135O9P7. The van der Waals surface area contributed by atoms with Crippen LogP contribution in [0.1, 0.15) is 273 Å². The summed E-state index contributed by atoms with van der Waals surface area (Å²) < 4.78 is 42.6. The van der Waals surface area contributed by atoms with Crippen LogP contribution in [0.2, 0.25) is 0 Å². The van der Waals surface area contributed by atoms with Gasteiger partial charge in [0.15, 0.2) is 5.78 Å². The maximum Gasteiger partial charge on any atom is 0.152 e. The highest BCUT2D eigenvalue weighted by Gasteiger charge is 2.43. The van der Waals surface area contributed by atoms with E-state index in [1.807, 2.05) is 6.08 Å². The molecule has 0 aromatic carbocycles. The Balaban J connectivity index is 0.000000386. The number of ether oxygens (including phenoxy) is 6. The molecule has 90 heavy (non-hydrogen) atoms. The van der Waals surface area contributed by atoms with E-state index < -0.39 is 7.53 Å². The third-order valence-corrected chi connectivity index (χ3v) is 39.5. The summed E-state index contributed by atoms with van der Waals surface area (Å²) in [6, 6.07) is 0. The normalized spacial score (nSPS) is 26.8. The van der Waals surface area contributed by atoms with Gasteiger partial charge in [0, 0.05) is 19.3 Å². The zero-order valence-electron chi connectivity index (χ0n) is 60.7. The second kappa shape index (κ2) is 40.9. The van der Waals surface area contributed by atoms with E-state index in [2.05, 4.69) is 193 Å². The van der Waals surface area contributed by atoms with Crippen molar-refractivity contribution in [2.75, 3.05) is 0 Å². The number of unbranched alkanes of at least 4 members (excludes halogenated alkanes) is 1. The van der Waals surface area contributed by atoms with E-state index in [0.717, 1.165) is 120 Å². The van der Waals surface area contributed by atoms with Crippen LogP contribution < -0.4 is 0 Å². The number of carbonyl (C=O) groups excluding carboxylic acids is 2. The SMILES string of the molecule is C=C1CCC2OC(CCC(C)(C)C)C(=C)[C@@H]2O1.C=C1C[C@H](C(CC)OP(P(P)P)P(P)P)OC1CCC(C)(C)C.C=C1C[C@H](C=CC(C)=O)OC1CCC(C)(C)C.C=C1C[C@H](CCC(C)=O)OC1CCC(C)(C)C.C=C1C[C@H](CCCC)OC1CCC(C)(C)C. The molecule has 9 nitrogen and oxygen atoms in total. The topological polar surface area (TPSA) is 98.8 Å². The molecular weight excluding hydrogens is 1250 g/mol. The van der Waals surface area contributed by atoms with Crippen molar-refractivity contribution in [2.45, 2.75) is 346 Å². The number of allylic oxidation sites excluding steroid dienone is 2. The van der Waals surface area contributed by atoms with Gasteiger partial charge >= 0.3 is 0 Å². The third-order valence-electron chi connectivity index (χ3n) is 17.0. The maximum atomic E-state index is 10.9. The van der Waals surface area contributed by atoms with E-state index in [1.165, 1.54) is 48.8 Å². The molecule has 6 saturated heterocycles. The van der Waals surface area contributed by atoms with Crippen molar-refractivity contribution in [1.29, 1.82) is 0 Å². The number of ketones is 2. The monoisotopic (exact) mass is 1380 g/mol. The Morgan fingerprint density at radius 1 is 0.556 bits per heavy atom. The van der Waals surface area contributed by atoms with Crippen molar-refractivity contribution in [3.63, 3.8) is 0 Å². The minimum absolute atomic E-state index is 0.0383. The molecule has 11 unspecified atom stereocenters. The average molecular weight is 1390 g/mol. The Kier molecular flexibility index (Phi) is 39.1. The summed E-state index contributed by atoms with van der Waals surface area (Å²) >= 11 is 0. The molecule has 0 aromatic heterocycles. The minimum Gasteiger partial charge on any atom is -0.488 e. The fourth-order valence-corrected chi connectivity index (χ4v) is 44.4. The van der Waals surface area contributed by atoms with Crippen LogP contribution in [0.15, 0.2) is 85.3 Å². The highest BCUT2D eigenvalue weighted by molar-refractivity contribution is 8.96. The van der Waals surface area contributed by atoms with E-state index in [0.29, 0.717) is 45.7 Å². The Bertz CT molecular complexity index is 2270. The van der Waals surface area contributed by atoms with Crippen molar-refractivity contribution in [1.82, 2.24) is 0 Å². The van der Waals surface area contributed by atoms with Gasteiger partial charge in [-0.2, -0.15) is 0 Å². The predicted molar refractivity (Wildman–Crippen MR) is 408 cm³/mol. The first-order chi connectivity index (χ1) is 41.4. The lowest BCUT2D eigenvalue weighted by atomic mass is 9.87. The molecule has 0 amide bonds. The number of Topliss-reactive ketones (excluding diaryl/α,β-unsaturated/α-hetero) is 1. The summed E-state index contributed by atoms with van der Waals surface area (Å²) in [4.78, 5) is 21.8. The summed E-state index contributed by atoms with van der Waals surface area (Å²) in [5.41, 5.74) is 7.84. The molecule has 6 fully saturated rings. The van der Waals surface area contributed by atoms with Gasteiger partial charge in [-0.05, 0) is 198 Å². The van der Waals surface area contributed by atoms with Crippen LogP contribution >= 0.6 is 57.2 Å². The van der Waals surface area contributed by atoms with Crippen LogP contribution in [-0.2, 0) is 42.5 Å². The molecule has 6 aliphatic rings. The molecule has 6 rings (SSSR count). The maximum absolute atomic E-state index is 10.9. The molecule has 6 heterocycles. The zero-order chi connectivity index (χ0) is 68.7. The van der Waals surface area contributed by atoms with Crippen LogP contribution in [0.5, 0.6) is 0 Å². The van der Waals surface area contributed by atoms with Crippen LogP contribution in [0.25, 0.3) is 0 Å². The van der Waals surface area contributed by atoms with Crippen LogP contribution in [0.4, 0.5) is 0 Å². The third kappa shape index (κ3) is 36.6. The largest absolute Gasteiger partial charge is 0.488 e. The number of hydrogen-bond acceptors (Lipinski definition) is 9. The summed E-state index contributed by atoms with van der Waals surface area (Å²) in [6.45, 7) is 65.8. The van der Waals surface area contributed by atoms with Gasteiger partial charge in [-0.3, -0.25) is 4.79 Å². The van der Waals surface area contributed by atoms with E-state index in [4.69, 9.17) is 32.9 Å². The summed E-state index contributed by atoms with van der Waals surface area (Å²) in [5, 5.41) is 0. The number of hydrogen-bond donors (Lipinski definition) is 0. The average Bonchev–Trinajstić information content (AvgIpc) is 1.77. The first-order valence-corrected chi connectivity index (χ1v) is 46.0. The van der Waals surface area contributed by atoms with Gasteiger partial charge in [0.1, 0.15) is 11.9 Å². The van der Waals surface area contributed by atoms with Gasteiger partial charge in [0.25, 0.3) is 0 Å². The van der Waals surface area contributed by atoms with Crippen LogP contribution in [-0.4, -0.2) is 84.8 Å². The molecule has 0 aliphatic carbocycles. The fourth-order valence-electron chi connectivity index (χ4n) is 11.4. The van der Waals surface area contributed by atoms with Crippen molar-refractivity contribution >= 4 is 68.8 Å². The molecule has 0 N–H and O–H groups in total. The molecule has 0 spiro atoms. The Morgan fingerprint density at radius 3 is 1.38 bits per heavy atom. The lowest BCUT2D eigenvalue weighted by Crippen LogP contribution is -2.29. The van der Waals surface area contributed by atoms with Crippen molar-refractivity contribution < 1.29 is 42.5 Å². The van der Waals surface area contributed by atoms with E-state index in [-0.39, 0.29) is 86.6 Å². The second-order valence-electron chi connectivity index (χ2n) is 32.5. The van der Waals surface area contributed by atoms with E-state index in [9.17, 15) is 9.59 Å². The lowest BCUT2D eigenvalue weighted by molar-refractivity contribution is -0.117. The first kappa shape index (κ1) is 86.2. The van der Waals surface area contributed by atoms with Gasteiger partial charge in [-0.15, -0.1) is 35.7 Å². The standard InChI is InChI=1S/C15H24O2.C15H26O2.C15H24O2.C15H28O.C14H33O2P7/c1-10-6-7-13-14(16-10)11(2)12(17-13)8-9-15(3,4)5;2*1-11-10-13(7-6-12(2)16)17-14(11)8-9-15(3,4)5;1-6-7-8-13-11-12(2)14(16-13)9-10-15(3,4)5;1-6-11(16-21(22(17)18)23(19)20)13-9-10(2)12(15-13)7-8-14(3,4)5/h12-14H,1-2,6-9H2,3-5H3;13-14H,1,6-10H2,2-5H3;6-7,13-14H,1,8-10H2,2-5H3;13-14H,2,6-11H2,1,3-5H3;11-13H,2,6-9,17-20H2,1,3-5H3/t12?,13?,14-;3*13-,14?;11?,12?,13-/m00001/s1. The van der Waals surface area contributed by atoms with Gasteiger partial charge in [0.2, 0.25) is 0 Å². The lowest BCUT2D eigenvalue weighted by Gasteiger charge is -2.31. The second-order valence-corrected chi connectivity index (χ2v) is 56.1. The zero-order valence-corrected chi connectivity index (χ0v) is 68.0. The van der Waals surface area contributed by atoms with Crippen molar-refractivity contribution in [3.8, 4) is 0 Å². The number of carbonyl (C=O) groups is 2. The minimum atomic E-state index is -0.423. The summed E-state index contributed by atoms with van der Waals surface area (Å²) in [5.74, 6) is 1.20. The Labute approximate surface area is 566 Å². The van der Waals surface area contributed by atoms with Crippen LogP contribution in [0.3, 0.4) is 0 Å². The van der Waals surface area contributed by atoms with Gasteiger partial charge in [-0.25, -0.2) is 0 Å².